The highest BCUT2D eigenvalue weighted by Gasteiger charge is 2.14. The summed E-state index contributed by atoms with van der Waals surface area (Å²) in [6.45, 7) is -0.0726. The van der Waals surface area contributed by atoms with Crippen LogP contribution in [0, 0.1) is 10.1 Å². The first-order valence-corrected chi connectivity index (χ1v) is 8.52. The Morgan fingerprint density at radius 2 is 1.71 bits per heavy atom. The van der Waals surface area contributed by atoms with Gasteiger partial charge in [0.05, 0.1) is 35.8 Å². The highest BCUT2D eigenvalue weighted by atomic mass is 35.5. The first-order chi connectivity index (χ1) is 13.3. The van der Waals surface area contributed by atoms with Crippen molar-refractivity contribution in [3.63, 3.8) is 0 Å². The minimum atomic E-state index is -0.577. The lowest BCUT2D eigenvalue weighted by Crippen LogP contribution is -2.36. The molecule has 2 N–H and O–H groups in total. The van der Waals surface area contributed by atoms with E-state index in [9.17, 15) is 19.7 Å². The van der Waals surface area contributed by atoms with Gasteiger partial charge in [-0.3, -0.25) is 24.6 Å². The molecule has 0 saturated carbocycles. The van der Waals surface area contributed by atoms with E-state index in [0.29, 0.717) is 11.4 Å². The number of carbonyl (C=O) groups is 2. The zero-order valence-electron chi connectivity index (χ0n) is 15.3. The van der Waals surface area contributed by atoms with Crippen molar-refractivity contribution in [2.24, 2.45) is 0 Å². The van der Waals surface area contributed by atoms with Gasteiger partial charge in [-0.1, -0.05) is 11.6 Å². The standard InChI is InChI=1S/C18H19ClN4O5/c1-22(10-17(24)20-12-3-6-14(28-2)7-4-12)11-18(25)21-16-8-5-13(23(26)27)9-15(16)19/h3-9H,10-11H2,1-2H3,(H,20,24)(H,21,25). The molecule has 148 valence electrons. The fourth-order valence-electron chi connectivity index (χ4n) is 2.33. The molecule has 0 aliphatic carbocycles. The Labute approximate surface area is 166 Å². The number of nitrogens with zero attached hydrogens (tertiary/aromatic N) is 2. The summed E-state index contributed by atoms with van der Waals surface area (Å²) in [5, 5.41) is 16.0. The van der Waals surface area contributed by atoms with Gasteiger partial charge in [0.25, 0.3) is 5.69 Å². The van der Waals surface area contributed by atoms with Crippen LogP contribution in [0.3, 0.4) is 0 Å². The molecule has 0 saturated heterocycles. The Morgan fingerprint density at radius 1 is 1.11 bits per heavy atom. The Bertz CT molecular complexity index is 873. The second-order valence-electron chi connectivity index (χ2n) is 5.92. The number of ether oxygens (including phenoxy) is 1. The van der Waals surface area contributed by atoms with Crippen molar-refractivity contribution < 1.29 is 19.2 Å². The van der Waals surface area contributed by atoms with Crippen LogP contribution < -0.4 is 15.4 Å². The molecule has 0 aliphatic rings. The molecule has 0 aromatic heterocycles. The number of carbonyl (C=O) groups excluding carboxylic acids is 2. The third-order valence-electron chi connectivity index (χ3n) is 3.64. The van der Waals surface area contributed by atoms with Crippen LogP contribution in [0.4, 0.5) is 17.1 Å². The quantitative estimate of drug-likeness (QED) is 0.514. The molecule has 9 nitrogen and oxygen atoms in total. The summed E-state index contributed by atoms with van der Waals surface area (Å²) in [5.74, 6) is -0.0129. The van der Waals surface area contributed by atoms with Crippen molar-refractivity contribution in [1.29, 1.82) is 0 Å². The monoisotopic (exact) mass is 406 g/mol. The first-order valence-electron chi connectivity index (χ1n) is 8.14. The molecule has 0 fully saturated rings. The van der Waals surface area contributed by atoms with Crippen LogP contribution in [0.1, 0.15) is 0 Å². The predicted molar refractivity (Wildman–Crippen MR) is 106 cm³/mol. The maximum Gasteiger partial charge on any atom is 0.271 e. The maximum absolute atomic E-state index is 12.1. The van der Waals surface area contributed by atoms with E-state index in [0.717, 1.165) is 6.07 Å². The molecular weight excluding hydrogens is 388 g/mol. The normalized spacial score (nSPS) is 10.4. The van der Waals surface area contributed by atoms with Crippen molar-refractivity contribution in [1.82, 2.24) is 4.90 Å². The molecule has 2 amide bonds. The molecule has 0 heterocycles. The summed E-state index contributed by atoms with van der Waals surface area (Å²) in [5.41, 5.74) is 0.699. The first kappa shape index (κ1) is 21.1. The van der Waals surface area contributed by atoms with Crippen LogP contribution in [0.25, 0.3) is 0 Å². The average Bonchev–Trinajstić information content (AvgIpc) is 2.63. The van der Waals surface area contributed by atoms with Gasteiger partial charge in [-0.05, 0) is 37.4 Å². The van der Waals surface area contributed by atoms with E-state index in [1.165, 1.54) is 17.0 Å². The van der Waals surface area contributed by atoms with Gasteiger partial charge < -0.3 is 15.4 Å². The molecule has 0 aliphatic heterocycles. The molecular formula is C18H19ClN4O5. The predicted octanol–water partition coefficient (Wildman–Crippen LogP) is 2.77. The number of hydrogen-bond acceptors (Lipinski definition) is 6. The van der Waals surface area contributed by atoms with Gasteiger partial charge in [0.15, 0.2) is 0 Å². The third-order valence-corrected chi connectivity index (χ3v) is 3.95. The fourth-order valence-corrected chi connectivity index (χ4v) is 2.55. The molecule has 2 aromatic rings. The molecule has 0 atom stereocenters. The lowest BCUT2D eigenvalue weighted by molar-refractivity contribution is -0.384. The van der Waals surface area contributed by atoms with E-state index < -0.39 is 10.8 Å². The molecule has 0 radical (unpaired) electrons. The van der Waals surface area contributed by atoms with Crippen LogP contribution in [-0.2, 0) is 9.59 Å². The number of anilines is 2. The van der Waals surface area contributed by atoms with Gasteiger partial charge in [-0.2, -0.15) is 0 Å². The van der Waals surface area contributed by atoms with E-state index >= 15 is 0 Å². The van der Waals surface area contributed by atoms with E-state index in [-0.39, 0.29) is 35.4 Å². The summed E-state index contributed by atoms with van der Waals surface area (Å²) in [7, 11) is 3.17. The SMILES string of the molecule is COc1ccc(NC(=O)CN(C)CC(=O)Nc2ccc([N+](=O)[O-])cc2Cl)cc1. The van der Waals surface area contributed by atoms with Crippen LogP contribution in [-0.4, -0.2) is 48.9 Å². The van der Waals surface area contributed by atoms with E-state index in [4.69, 9.17) is 16.3 Å². The minimum absolute atomic E-state index is 0.00651. The zero-order chi connectivity index (χ0) is 20.7. The van der Waals surface area contributed by atoms with Gasteiger partial charge in [0.2, 0.25) is 11.8 Å². The summed E-state index contributed by atoms with van der Waals surface area (Å²) < 4.78 is 5.05. The van der Waals surface area contributed by atoms with E-state index in [2.05, 4.69) is 10.6 Å². The number of methoxy groups -OCH3 is 1. The van der Waals surface area contributed by atoms with Crippen molar-refractivity contribution in [3.05, 3.63) is 57.6 Å². The number of benzene rings is 2. The Morgan fingerprint density at radius 3 is 2.25 bits per heavy atom. The lowest BCUT2D eigenvalue weighted by atomic mass is 10.3. The summed E-state index contributed by atoms with van der Waals surface area (Å²) in [6.07, 6.45) is 0. The highest BCUT2D eigenvalue weighted by Crippen LogP contribution is 2.26. The number of rotatable bonds is 8. The Kier molecular flexibility index (Phi) is 7.30. The molecule has 0 unspecified atom stereocenters. The average molecular weight is 407 g/mol. The van der Waals surface area contributed by atoms with E-state index in [1.807, 2.05) is 0 Å². The number of nitrogens with one attached hydrogen (secondary N) is 2. The third kappa shape index (κ3) is 6.22. The largest absolute Gasteiger partial charge is 0.497 e. The van der Waals surface area contributed by atoms with Gasteiger partial charge in [-0.25, -0.2) is 0 Å². The summed E-state index contributed by atoms with van der Waals surface area (Å²) in [6, 6.07) is 10.6. The van der Waals surface area contributed by atoms with Crippen LogP contribution in [0.15, 0.2) is 42.5 Å². The number of non-ortho nitro benzene ring substituents is 1. The number of halogens is 1. The highest BCUT2D eigenvalue weighted by molar-refractivity contribution is 6.34. The Balaban J connectivity index is 1.84. The van der Waals surface area contributed by atoms with E-state index in [1.54, 1.807) is 38.4 Å². The van der Waals surface area contributed by atoms with Crippen molar-refractivity contribution in [2.75, 3.05) is 37.9 Å². The molecule has 10 heteroatoms. The summed E-state index contributed by atoms with van der Waals surface area (Å²) >= 11 is 5.94. The molecule has 2 aromatic carbocycles. The number of hydrogen-bond donors (Lipinski definition) is 2. The number of nitro benzene ring substituents is 1. The topological polar surface area (TPSA) is 114 Å². The second kappa shape index (κ2) is 9.67. The number of amides is 2. The Hall–Kier alpha value is -3.17. The summed E-state index contributed by atoms with van der Waals surface area (Å²) in [4.78, 5) is 35.8. The smallest absolute Gasteiger partial charge is 0.271 e. The minimum Gasteiger partial charge on any atom is -0.497 e. The fraction of sp³-hybridized carbons (Fsp3) is 0.222. The van der Waals surface area contributed by atoms with Gasteiger partial charge in [-0.15, -0.1) is 0 Å². The number of nitro groups is 1. The second-order valence-corrected chi connectivity index (χ2v) is 6.33. The molecule has 28 heavy (non-hydrogen) atoms. The van der Waals surface area contributed by atoms with Crippen molar-refractivity contribution >= 4 is 40.5 Å². The van der Waals surface area contributed by atoms with Crippen LogP contribution in [0.2, 0.25) is 5.02 Å². The maximum atomic E-state index is 12.1. The molecule has 0 bridgehead atoms. The molecule has 2 rings (SSSR count). The van der Waals surface area contributed by atoms with Gasteiger partial charge in [0, 0.05) is 17.8 Å². The lowest BCUT2D eigenvalue weighted by Gasteiger charge is -2.16. The van der Waals surface area contributed by atoms with Crippen LogP contribution in [0.5, 0.6) is 5.75 Å². The van der Waals surface area contributed by atoms with Gasteiger partial charge >= 0.3 is 0 Å². The van der Waals surface area contributed by atoms with Crippen molar-refractivity contribution in [3.8, 4) is 5.75 Å². The number of likely N-dealkylation sites (N-methyl/N-ethyl adjacent to an activating group) is 1. The molecule has 0 spiro atoms. The van der Waals surface area contributed by atoms with Gasteiger partial charge in [0.1, 0.15) is 5.75 Å². The van der Waals surface area contributed by atoms with Crippen LogP contribution >= 0.6 is 11.6 Å². The zero-order valence-corrected chi connectivity index (χ0v) is 16.0. The van der Waals surface area contributed by atoms with Crippen molar-refractivity contribution in [2.45, 2.75) is 0 Å².